The van der Waals surface area contributed by atoms with Crippen LogP contribution in [-0.2, 0) is 6.54 Å². The van der Waals surface area contributed by atoms with Crippen molar-refractivity contribution in [3.8, 4) is 11.4 Å². The number of benzene rings is 1. The number of hydrogen-bond donors (Lipinski definition) is 1. The lowest BCUT2D eigenvalue weighted by Crippen LogP contribution is -2.22. The molecule has 0 amide bonds. The molecule has 3 heteroatoms. The molecule has 0 bridgehead atoms. The predicted octanol–water partition coefficient (Wildman–Crippen LogP) is 3.77. The van der Waals surface area contributed by atoms with E-state index >= 15 is 0 Å². The van der Waals surface area contributed by atoms with Crippen molar-refractivity contribution in [3.63, 3.8) is 0 Å². The van der Waals surface area contributed by atoms with Gasteiger partial charge in [-0.1, -0.05) is 52.0 Å². The van der Waals surface area contributed by atoms with Gasteiger partial charge in [-0.2, -0.15) is 0 Å². The van der Waals surface area contributed by atoms with Crippen LogP contribution >= 0.6 is 0 Å². The van der Waals surface area contributed by atoms with E-state index in [1.807, 2.05) is 12.3 Å². The molecule has 1 heterocycles. The molecule has 0 spiro atoms. The van der Waals surface area contributed by atoms with Gasteiger partial charge in [-0.3, -0.25) is 0 Å². The van der Waals surface area contributed by atoms with Gasteiger partial charge in [0.1, 0.15) is 0 Å². The summed E-state index contributed by atoms with van der Waals surface area (Å²) in [5, 5.41) is 3.37. The van der Waals surface area contributed by atoms with E-state index in [9.17, 15) is 0 Å². The number of nitrogens with zero attached hydrogens (tertiary/aromatic N) is 2. The highest BCUT2D eigenvalue weighted by Gasteiger charge is 2.05. The summed E-state index contributed by atoms with van der Waals surface area (Å²) in [7, 11) is 0. The molecule has 3 nitrogen and oxygen atoms in total. The Kier molecular flexibility index (Phi) is 4.85. The standard InChI is InChI=1S/C17H23N3/c1-12(2)14-5-7-15(8-6-14)17-18-10-9-16(20-17)11-19-13(3)4/h5-10,12-13,19H,11H2,1-4H3. The summed E-state index contributed by atoms with van der Waals surface area (Å²) in [5.74, 6) is 1.34. The second kappa shape index (κ2) is 6.62. The first-order chi connectivity index (χ1) is 9.56. The lowest BCUT2D eigenvalue weighted by atomic mass is 10.0. The van der Waals surface area contributed by atoms with Crippen LogP contribution in [0.1, 0.15) is 44.9 Å². The second-order valence-corrected chi connectivity index (χ2v) is 5.68. The molecule has 0 aliphatic heterocycles. The minimum atomic E-state index is 0.457. The van der Waals surface area contributed by atoms with Crippen LogP contribution in [0.3, 0.4) is 0 Å². The van der Waals surface area contributed by atoms with E-state index in [-0.39, 0.29) is 0 Å². The molecule has 20 heavy (non-hydrogen) atoms. The largest absolute Gasteiger partial charge is 0.309 e. The number of hydrogen-bond acceptors (Lipinski definition) is 3. The molecule has 0 saturated carbocycles. The van der Waals surface area contributed by atoms with E-state index < -0.39 is 0 Å². The highest BCUT2D eigenvalue weighted by atomic mass is 14.9. The van der Waals surface area contributed by atoms with E-state index in [1.54, 1.807) is 0 Å². The van der Waals surface area contributed by atoms with Gasteiger partial charge in [0.2, 0.25) is 0 Å². The third kappa shape index (κ3) is 3.87. The van der Waals surface area contributed by atoms with Crippen LogP contribution < -0.4 is 5.32 Å². The zero-order valence-corrected chi connectivity index (χ0v) is 12.7. The molecule has 0 atom stereocenters. The second-order valence-electron chi connectivity index (χ2n) is 5.68. The van der Waals surface area contributed by atoms with Crippen molar-refractivity contribution in [2.45, 2.75) is 46.2 Å². The molecule has 0 aliphatic carbocycles. The Labute approximate surface area is 121 Å². The molecular formula is C17H23N3. The number of rotatable bonds is 5. The van der Waals surface area contributed by atoms with Crippen molar-refractivity contribution in [3.05, 3.63) is 47.8 Å². The predicted molar refractivity (Wildman–Crippen MR) is 83.5 cm³/mol. The van der Waals surface area contributed by atoms with E-state index in [0.717, 1.165) is 23.6 Å². The molecule has 1 N–H and O–H groups in total. The molecule has 2 aromatic rings. The van der Waals surface area contributed by atoms with E-state index in [1.165, 1.54) is 5.56 Å². The topological polar surface area (TPSA) is 37.8 Å². The average Bonchev–Trinajstić information content (AvgIpc) is 2.45. The molecule has 106 valence electrons. The maximum absolute atomic E-state index is 4.62. The quantitative estimate of drug-likeness (QED) is 0.898. The zero-order chi connectivity index (χ0) is 14.5. The normalized spacial score (nSPS) is 11.3. The molecule has 0 aliphatic rings. The minimum Gasteiger partial charge on any atom is -0.309 e. The smallest absolute Gasteiger partial charge is 0.159 e. The van der Waals surface area contributed by atoms with Crippen molar-refractivity contribution in [2.24, 2.45) is 0 Å². The molecular weight excluding hydrogens is 246 g/mol. The van der Waals surface area contributed by atoms with Crippen LogP contribution in [0.4, 0.5) is 0 Å². The maximum atomic E-state index is 4.62. The van der Waals surface area contributed by atoms with Crippen LogP contribution in [0.25, 0.3) is 11.4 Å². The lowest BCUT2D eigenvalue weighted by molar-refractivity contribution is 0.581. The molecule has 0 radical (unpaired) electrons. The third-order valence-corrected chi connectivity index (χ3v) is 3.24. The van der Waals surface area contributed by atoms with Gasteiger partial charge in [0, 0.05) is 24.3 Å². The van der Waals surface area contributed by atoms with E-state index in [0.29, 0.717) is 12.0 Å². The zero-order valence-electron chi connectivity index (χ0n) is 12.7. The Morgan fingerprint density at radius 1 is 1.00 bits per heavy atom. The summed E-state index contributed by atoms with van der Waals surface area (Å²) in [6, 6.07) is 10.9. The Morgan fingerprint density at radius 3 is 2.30 bits per heavy atom. The van der Waals surface area contributed by atoms with Crippen molar-refractivity contribution >= 4 is 0 Å². The molecule has 0 unspecified atom stereocenters. The van der Waals surface area contributed by atoms with Gasteiger partial charge in [0.15, 0.2) is 5.82 Å². The molecule has 1 aromatic heterocycles. The molecule has 0 fully saturated rings. The highest BCUT2D eigenvalue weighted by Crippen LogP contribution is 2.19. The SMILES string of the molecule is CC(C)NCc1ccnc(-c2ccc(C(C)C)cc2)n1. The van der Waals surface area contributed by atoms with Crippen molar-refractivity contribution in [1.82, 2.24) is 15.3 Å². The summed E-state index contributed by atoms with van der Waals surface area (Å²) in [6.07, 6.45) is 1.83. The lowest BCUT2D eigenvalue weighted by Gasteiger charge is -2.09. The van der Waals surface area contributed by atoms with Gasteiger partial charge in [-0.05, 0) is 17.5 Å². The first kappa shape index (κ1) is 14.7. The first-order valence-electron chi connectivity index (χ1n) is 7.22. The number of aromatic nitrogens is 2. The molecule has 0 saturated heterocycles. The van der Waals surface area contributed by atoms with Crippen molar-refractivity contribution in [1.29, 1.82) is 0 Å². The Morgan fingerprint density at radius 2 is 1.70 bits per heavy atom. The van der Waals surface area contributed by atoms with E-state index in [4.69, 9.17) is 0 Å². The fourth-order valence-electron chi connectivity index (χ4n) is 1.96. The highest BCUT2D eigenvalue weighted by molar-refractivity contribution is 5.55. The minimum absolute atomic E-state index is 0.457. The summed E-state index contributed by atoms with van der Waals surface area (Å²) >= 11 is 0. The van der Waals surface area contributed by atoms with Crippen molar-refractivity contribution in [2.75, 3.05) is 0 Å². The first-order valence-corrected chi connectivity index (χ1v) is 7.22. The third-order valence-electron chi connectivity index (χ3n) is 3.24. The Hall–Kier alpha value is -1.74. The summed E-state index contributed by atoms with van der Waals surface area (Å²) in [4.78, 5) is 8.99. The van der Waals surface area contributed by atoms with Gasteiger partial charge in [-0.25, -0.2) is 9.97 Å². The van der Waals surface area contributed by atoms with Crippen LogP contribution in [-0.4, -0.2) is 16.0 Å². The average molecular weight is 269 g/mol. The Balaban J connectivity index is 2.17. The Bertz CT molecular complexity index is 544. The van der Waals surface area contributed by atoms with Gasteiger partial charge in [-0.15, -0.1) is 0 Å². The fraction of sp³-hybridized carbons (Fsp3) is 0.412. The van der Waals surface area contributed by atoms with Gasteiger partial charge in [0.25, 0.3) is 0 Å². The fourth-order valence-corrected chi connectivity index (χ4v) is 1.96. The van der Waals surface area contributed by atoms with Crippen LogP contribution in [0.15, 0.2) is 36.5 Å². The summed E-state index contributed by atoms with van der Waals surface area (Å²) in [6.45, 7) is 9.43. The van der Waals surface area contributed by atoms with E-state index in [2.05, 4.69) is 67.2 Å². The maximum Gasteiger partial charge on any atom is 0.159 e. The van der Waals surface area contributed by atoms with Gasteiger partial charge >= 0.3 is 0 Å². The van der Waals surface area contributed by atoms with Crippen LogP contribution in [0.2, 0.25) is 0 Å². The van der Waals surface area contributed by atoms with Gasteiger partial charge < -0.3 is 5.32 Å². The number of nitrogens with one attached hydrogen (secondary N) is 1. The summed E-state index contributed by atoms with van der Waals surface area (Å²) < 4.78 is 0. The monoisotopic (exact) mass is 269 g/mol. The van der Waals surface area contributed by atoms with Crippen LogP contribution in [0.5, 0.6) is 0 Å². The van der Waals surface area contributed by atoms with Gasteiger partial charge in [0.05, 0.1) is 5.69 Å². The van der Waals surface area contributed by atoms with Crippen LogP contribution in [0, 0.1) is 0 Å². The summed E-state index contributed by atoms with van der Waals surface area (Å²) in [5.41, 5.74) is 3.43. The molecule has 2 rings (SSSR count). The molecule has 1 aromatic carbocycles. The van der Waals surface area contributed by atoms with Crippen molar-refractivity contribution < 1.29 is 0 Å².